The summed E-state index contributed by atoms with van der Waals surface area (Å²) in [6.45, 7) is 3.11. The van der Waals surface area contributed by atoms with Gasteiger partial charge in [0.05, 0.1) is 27.4 Å². The van der Waals surface area contributed by atoms with Crippen molar-refractivity contribution in [3.8, 4) is 28.7 Å². The van der Waals surface area contributed by atoms with Crippen molar-refractivity contribution >= 4 is 17.7 Å². The lowest BCUT2D eigenvalue weighted by atomic mass is 9.83. The van der Waals surface area contributed by atoms with Gasteiger partial charge in [-0.1, -0.05) is 13.0 Å². The zero-order chi connectivity index (χ0) is 24.0. The number of carbonyl (C=O) groups is 1. The number of cyclic esters (lactones) is 1. The molecule has 3 aliphatic heterocycles. The van der Waals surface area contributed by atoms with Gasteiger partial charge in [0.25, 0.3) is 0 Å². The van der Waals surface area contributed by atoms with Crippen molar-refractivity contribution in [2.75, 3.05) is 47.5 Å². The van der Waals surface area contributed by atoms with Crippen molar-refractivity contribution in [2.24, 2.45) is 0 Å². The molecule has 0 aliphatic carbocycles. The molecule has 2 atom stereocenters. The number of thioether (sulfide) groups is 1. The molecule has 9 heteroatoms. The summed E-state index contributed by atoms with van der Waals surface area (Å²) in [6, 6.07) is 3.44. The van der Waals surface area contributed by atoms with Crippen LogP contribution in [0.2, 0.25) is 0 Å². The number of benzene rings is 2. The SMILES string of the molecule is CCSCc1c2c(c(OC)c3c1OCO3)[C@H]([C@H]1OC(=O)c3c1ccc(OC)c3OC)N(C)CC2. The number of ether oxygens (including phenoxy) is 6. The van der Waals surface area contributed by atoms with Crippen LogP contribution >= 0.6 is 11.8 Å². The molecule has 0 aromatic heterocycles. The molecule has 0 spiro atoms. The third-order valence-electron chi connectivity index (χ3n) is 6.78. The van der Waals surface area contributed by atoms with E-state index in [1.54, 1.807) is 14.2 Å². The predicted octanol–water partition coefficient (Wildman–Crippen LogP) is 4.13. The Morgan fingerprint density at radius 2 is 1.85 bits per heavy atom. The molecule has 34 heavy (non-hydrogen) atoms. The molecule has 8 nitrogen and oxygen atoms in total. The van der Waals surface area contributed by atoms with Gasteiger partial charge in [0, 0.05) is 29.0 Å². The number of nitrogens with zero attached hydrogens (tertiary/aromatic N) is 1. The van der Waals surface area contributed by atoms with Crippen LogP contribution < -0.4 is 23.7 Å². The maximum Gasteiger partial charge on any atom is 0.343 e. The highest BCUT2D eigenvalue weighted by atomic mass is 32.2. The first-order valence-electron chi connectivity index (χ1n) is 11.3. The van der Waals surface area contributed by atoms with Crippen LogP contribution in [0.5, 0.6) is 28.7 Å². The van der Waals surface area contributed by atoms with Crippen molar-refractivity contribution in [3.05, 3.63) is 39.9 Å². The normalized spacial score (nSPS) is 20.6. The lowest BCUT2D eigenvalue weighted by Crippen LogP contribution is -2.37. The second-order valence-electron chi connectivity index (χ2n) is 8.37. The third-order valence-corrected chi connectivity index (χ3v) is 7.68. The molecule has 182 valence electrons. The Kier molecular flexibility index (Phi) is 6.16. The highest BCUT2D eigenvalue weighted by Gasteiger charge is 2.47. The Morgan fingerprint density at radius 1 is 1.09 bits per heavy atom. The first-order valence-corrected chi connectivity index (χ1v) is 12.5. The van der Waals surface area contributed by atoms with Crippen LogP contribution in [0.25, 0.3) is 0 Å². The molecule has 2 aromatic rings. The van der Waals surface area contributed by atoms with Gasteiger partial charge in [-0.2, -0.15) is 11.8 Å². The Balaban J connectivity index is 1.71. The summed E-state index contributed by atoms with van der Waals surface area (Å²) in [6.07, 6.45) is 0.307. The van der Waals surface area contributed by atoms with Gasteiger partial charge in [-0.25, -0.2) is 4.79 Å². The van der Waals surface area contributed by atoms with Gasteiger partial charge in [-0.05, 0) is 30.9 Å². The van der Waals surface area contributed by atoms with E-state index in [1.165, 1.54) is 12.7 Å². The second-order valence-corrected chi connectivity index (χ2v) is 9.65. The number of rotatable bonds is 7. The molecule has 5 rings (SSSR count). The summed E-state index contributed by atoms with van der Waals surface area (Å²) in [4.78, 5) is 15.3. The number of hydrogen-bond donors (Lipinski definition) is 0. The Hall–Kier alpha value is -2.78. The van der Waals surface area contributed by atoms with Crippen molar-refractivity contribution < 1.29 is 33.2 Å². The van der Waals surface area contributed by atoms with Crippen molar-refractivity contribution in [1.82, 2.24) is 4.90 Å². The number of fused-ring (bicyclic) bond motifs is 3. The van der Waals surface area contributed by atoms with Gasteiger partial charge in [-0.3, -0.25) is 4.90 Å². The molecule has 0 bridgehead atoms. The van der Waals surface area contributed by atoms with Crippen LogP contribution in [0.15, 0.2) is 12.1 Å². The number of carbonyl (C=O) groups excluding carboxylic acids is 1. The van der Waals surface area contributed by atoms with E-state index in [0.717, 1.165) is 46.9 Å². The van der Waals surface area contributed by atoms with E-state index in [0.29, 0.717) is 28.6 Å². The molecule has 0 unspecified atom stereocenters. The third kappa shape index (κ3) is 3.36. The monoisotopic (exact) mass is 487 g/mol. The fourth-order valence-electron chi connectivity index (χ4n) is 5.28. The summed E-state index contributed by atoms with van der Waals surface area (Å²) in [7, 11) is 6.77. The summed E-state index contributed by atoms with van der Waals surface area (Å²) in [5, 5.41) is 0. The molecular weight excluding hydrogens is 458 g/mol. The summed E-state index contributed by atoms with van der Waals surface area (Å²) < 4.78 is 34.7. The zero-order valence-electron chi connectivity index (χ0n) is 20.1. The van der Waals surface area contributed by atoms with E-state index in [4.69, 9.17) is 28.4 Å². The van der Waals surface area contributed by atoms with Gasteiger partial charge in [0.15, 0.2) is 23.0 Å². The molecule has 0 saturated carbocycles. The molecule has 0 N–H and O–H groups in total. The predicted molar refractivity (Wildman–Crippen MR) is 128 cm³/mol. The minimum Gasteiger partial charge on any atom is -0.493 e. The van der Waals surface area contributed by atoms with Gasteiger partial charge in [0.2, 0.25) is 12.5 Å². The van der Waals surface area contributed by atoms with Crippen LogP contribution in [0, 0.1) is 0 Å². The summed E-state index contributed by atoms with van der Waals surface area (Å²) >= 11 is 1.84. The first-order chi connectivity index (χ1) is 16.5. The maximum atomic E-state index is 13.1. The Morgan fingerprint density at radius 3 is 2.56 bits per heavy atom. The molecule has 3 heterocycles. The van der Waals surface area contributed by atoms with E-state index in [2.05, 4.69) is 11.8 Å². The van der Waals surface area contributed by atoms with E-state index >= 15 is 0 Å². The maximum absolute atomic E-state index is 13.1. The van der Waals surface area contributed by atoms with E-state index in [-0.39, 0.29) is 12.8 Å². The Bertz CT molecular complexity index is 1140. The molecule has 2 aromatic carbocycles. The summed E-state index contributed by atoms with van der Waals surface area (Å²) in [5.74, 6) is 4.33. The van der Waals surface area contributed by atoms with Gasteiger partial charge >= 0.3 is 5.97 Å². The van der Waals surface area contributed by atoms with Crippen LogP contribution in [0.3, 0.4) is 0 Å². The quantitative estimate of drug-likeness (QED) is 0.536. The van der Waals surface area contributed by atoms with Crippen molar-refractivity contribution in [1.29, 1.82) is 0 Å². The minimum absolute atomic E-state index is 0.164. The van der Waals surface area contributed by atoms with Crippen LogP contribution in [-0.2, 0) is 16.9 Å². The molecule has 0 amide bonds. The number of hydrogen-bond acceptors (Lipinski definition) is 9. The van der Waals surface area contributed by atoms with Crippen LogP contribution in [0.1, 0.15) is 51.7 Å². The Labute approximate surface area is 203 Å². The van der Waals surface area contributed by atoms with E-state index < -0.39 is 12.1 Å². The van der Waals surface area contributed by atoms with Crippen molar-refractivity contribution in [2.45, 2.75) is 31.2 Å². The van der Waals surface area contributed by atoms with Gasteiger partial charge < -0.3 is 28.4 Å². The standard InChI is InChI=1S/C25H29NO7S/c1-6-34-11-15-13-9-10-26(2)19(17(13)23(30-5)24-21(15)31-12-32-24)20-14-7-8-16(28-3)22(29-4)18(14)25(27)33-20/h7-8,19-20H,6,9-12H2,1-5H3/t19-,20+/m1/s1. The first kappa shape index (κ1) is 23.0. The van der Waals surface area contributed by atoms with Crippen LogP contribution in [-0.4, -0.2) is 58.3 Å². The lowest BCUT2D eigenvalue weighted by molar-refractivity contribution is 0.00870. The molecule has 3 aliphatic rings. The summed E-state index contributed by atoms with van der Waals surface area (Å²) in [5.41, 5.74) is 4.51. The fourth-order valence-corrected chi connectivity index (χ4v) is 5.99. The van der Waals surface area contributed by atoms with Crippen LogP contribution in [0.4, 0.5) is 0 Å². The number of esters is 1. The average molecular weight is 488 g/mol. The number of likely N-dealkylation sites (N-methyl/N-ethyl adjacent to an activating group) is 1. The smallest absolute Gasteiger partial charge is 0.343 e. The highest BCUT2D eigenvalue weighted by molar-refractivity contribution is 7.98. The average Bonchev–Trinajstić information content (AvgIpc) is 3.46. The molecule has 0 fully saturated rings. The topological polar surface area (TPSA) is 75.7 Å². The van der Waals surface area contributed by atoms with E-state index in [9.17, 15) is 4.79 Å². The van der Waals surface area contributed by atoms with Gasteiger partial charge in [0.1, 0.15) is 11.7 Å². The number of methoxy groups -OCH3 is 3. The molecule has 0 saturated heterocycles. The fraction of sp³-hybridized carbons (Fsp3) is 0.480. The minimum atomic E-state index is -0.535. The van der Waals surface area contributed by atoms with Crippen molar-refractivity contribution in [3.63, 3.8) is 0 Å². The highest BCUT2D eigenvalue weighted by Crippen LogP contribution is 2.57. The molecular formula is C25H29NO7S. The second kappa shape index (κ2) is 9.11. The lowest BCUT2D eigenvalue weighted by Gasteiger charge is -2.39. The largest absolute Gasteiger partial charge is 0.493 e. The van der Waals surface area contributed by atoms with E-state index in [1.807, 2.05) is 30.9 Å². The zero-order valence-corrected chi connectivity index (χ0v) is 20.9. The van der Waals surface area contributed by atoms with Gasteiger partial charge in [-0.15, -0.1) is 0 Å². The molecule has 0 radical (unpaired) electrons.